The maximum atomic E-state index is 13.2. The van der Waals surface area contributed by atoms with Gasteiger partial charge in [-0.1, -0.05) is 6.07 Å². The predicted molar refractivity (Wildman–Crippen MR) is 87.7 cm³/mol. The second-order valence-corrected chi connectivity index (χ2v) is 6.05. The summed E-state index contributed by atoms with van der Waals surface area (Å²) in [5.74, 6) is -0.731. The van der Waals surface area contributed by atoms with Crippen LogP contribution in [0.25, 0.3) is 10.6 Å². The maximum absolute atomic E-state index is 13.2. The molecule has 23 heavy (non-hydrogen) atoms. The molecule has 4 nitrogen and oxygen atoms in total. The summed E-state index contributed by atoms with van der Waals surface area (Å²) in [6.45, 7) is 2.26. The van der Waals surface area contributed by atoms with Gasteiger partial charge < -0.3 is 5.32 Å². The van der Waals surface area contributed by atoms with Crippen molar-refractivity contribution in [2.45, 2.75) is 13.5 Å². The smallest absolute Gasteiger partial charge is 0.251 e. The van der Waals surface area contributed by atoms with Crippen molar-refractivity contribution >= 4 is 17.2 Å². The summed E-state index contributed by atoms with van der Waals surface area (Å²) in [7, 11) is 0. The van der Waals surface area contributed by atoms with Crippen molar-refractivity contribution in [2.24, 2.45) is 0 Å². The van der Waals surface area contributed by atoms with Crippen LogP contribution in [0.1, 0.15) is 20.9 Å². The molecule has 2 aromatic heterocycles. The van der Waals surface area contributed by atoms with Gasteiger partial charge in [-0.15, -0.1) is 11.3 Å². The zero-order valence-corrected chi connectivity index (χ0v) is 13.2. The lowest BCUT2D eigenvalue weighted by atomic mass is 10.2. The first kappa shape index (κ1) is 15.3. The summed E-state index contributed by atoms with van der Waals surface area (Å²) in [6, 6.07) is 9.43. The second kappa shape index (κ2) is 6.66. The fraction of sp³-hybridized carbons (Fsp3) is 0.118. The zero-order chi connectivity index (χ0) is 16.2. The number of pyridine rings is 1. The number of rotatable bonds is 4. The normalized spacial score (nSPS) is 10.5. The topological polar surface area (TPSA) is 54.9 Å². The molecule has 0 fully saturated rings. The van der Waals surface area contributed by atoms with Gasteiger partial charge in [0.2, 0.25) is 0 Å². The van der Waals surface area contributed by atoms with Crippen LogP contribution >= 0.6 is 11.3 Å². The van der Waals surface area contributed by atoms with Gasteiger partial charge >= 0.3 is 0 Å². The third kappa shape index (κ3) is 3.60. The summed E-state index contributed by atoms with van der Waals surface area (Å²) in [5.41, 5.74) is 2.12. The minimum atomic E-state index is -0.425. The number of thiazole rings is 1. The average molecular weight is 327 g/mol. The summed E-state index contributed by atoms with van der Waals surface area (Å²) < 4.78 is 13.2. The van der Waals surface area contributed by atoms with Crippen LogP contribution in [-0.4, -0.2) is 15.9 Å². The Morgan fingerprint density at radius 3 is 2.91 bits per heavy atom. The van der Waals surface area contributed by atoms with Crippen LogP contribution in [0.5, 0.6) is 0 Å². The number of aryl methyl sites for hydroxylation is 1. The lowest BCUT2D eigenvalue weighted by Gasteiger charge is -2.04. The molecular weight excluding hydrogens is 313 g/mol. The highest BCUT2D eigenvalue weighted by Crippen LogP contribution is 2.27. The predicted octanol–water partition coefficient (Wildman–Crippen LogP) is 3.58. The number of halogens is 1. The van der Waals surface area contributed by atoms with E-state index >= 15 is 0 Å². The molecule has 0 atom stereocenters. The van der Waals surface area contributed by atoms with Crippen LogP contribution in [0, 0.1) is 12.7 Å². The molecule has 0 spiro atoms. The van der Waals surface area contributed by atoms with Gasteiger partial charge in [0.1, 0.15) is 10.8 Å². The highest BCUT2D eigenvalue weighted by Gasteiger charge is 2.12. The number of hydrogen-bond donors (Lipinski definition) is 1. The molecule has 0 saturated heterocycles. The van der Waals surface area contributed by atoms with E-state index < -0.39 is 5.82 Å². The monoisotopic (exact) mass is 327 g/mol. The fourth-order valence-corrected chi connectivity index (χ4v) is 3.09. The number of carbonyl (C=O) groups excluding carboxylic acids is 1. The Morgan fingerprint density at radius 2 is 2.17 bits per heavy atom. The van der Waals surface area contributed by atoms with Gasteiger partial charge in [-0.2, -0.15) is 0 Å². The van der Waals surface area contributed by atoms with Crippen molar-refractivity contribution in [1.82, 2.24) is 15.3 Å². The van der Waals surface area contributed by atoms with Gasteiger partial charge in [-0.05, 0) is 37.3 Å². The van der Waals surface area contributed by atoms with E-state index in [1.807, 2.05) is 19.1 Å². The Morgan fingerprint density at radius 1 is 1.30 bits per heavy atom. The number of nitrogens with zero attached hydrogens (tertiary/aromatic N) is 2. The molecule has 0 bridgehead atoms. The molecule has 0 aliphatic carbocycles. The van der Waals surface area contributed by atoms with Crippen molar-refractivity contribution in [1.29, 1.82) is 0 Å². The van der Waals surface area contributed by atoms with Crippen LogP contribution in [0.15, 0.2) is 48.8 Å². The van der Waals surface area contributed by atoms with Gasteiger partial charge in [0.15, 0.2) is 0 Å². The van der Waals surface area contributed by atoms with Gasteiger partial charge in [0.25, 0.3) is 5.91 Å². The summed E-state index contributed by atoms with van der Waals surface area (Å²) in [5, 5.41) is 3.66. The Bertz CT molecular complexity index is 833. The van der Waals surface area contributed by atoms with Gasteiger partial charge in [-0.3, -0.25) is 9.78 Å². The Kier molecular flexibility index (Phi) is 4.43. The van der Waals surface area contributed by atoms with Crippen molar-refractivity contribution in [3.8, 4) is 10.6 Å². The van der Waals surface area contributed by atoms with Crippen LogP contribution in [0.3, 0.4) is 0 Å². The summed E-state index contributed by atoms with van der Waals surface area (Å²) in [6.07, 6.45) is 3.47. The Labute approximate surface area is 137 Å². The number of nitrogens with one attached hydrogen (secondary N) is 1. The number of carbonyl (C=O) groups is 1. The molecule has 0 aliphatic heterocycles. The molecule has 0 unspecified atom stereocenters. The van der Waals surface area contributed by atoms with Crippen molar-refractivity contribution in [2.75, 3.05) is 0 Å². The molecule has 1 N–H and O–H groups in total. The van der Waals surface area contributed by atoms with Gasteiger partial charge in [0, 0.05) is 28.4 Å². The Hall–Kier alpha value is -2.60. The first-order chi connectivity index (χ1) is 11.1. The molecule has 6 heteroatoms. The molecule has 1 aromatic carbocycles. The van der Waals surface area contributed by atoms with Crippen molar-refractivity contribution in [3.63, 3.8) is 0 Å². The molecule has 3 rings (SSSR count). The van der Waals surface area contributed by atoms with E-state index in [4.69, 9.17) is 0 Å². The second-order valence-electron chi connectivity index (χ2n) is 4.96. The quantitative estimate of drug-likeness (QED) is 0.797. The first-order valence-electron chi connectivity index (χ1n) is 7.04. The Balaban J connectivity index is 1.71. The lowest BCUT2D eigenvalue weighted by molar-refractivity contribution is 0.0951. The van der Waals surface area contributed by atoms with Crippen LogP contribution in [0.4, 0.5) is 4.39 Å². The van der Waals surface area contributed by atoms with E-state index in [0.29, 0.717) is 12.1 Å². The van der Waals surface area contributed by atoms with E-state index in [9.17, 15) is 9.18 Å². The molecule has 0 radical (unpaired) electrons. The number of amides is 1. The molecule has 2 heterocycles. The largest absolute Gasteiger partial charge is 0.347 e. The number of aromatic nitrogens is 2. The summed E-state index contributed by atoms with van der Waals surface area (Å²) >= 11 is 1.51. The van der Waals surface area contributed by atoms with E-state index in [2.05, 4.69) is 15.3 Å². The van der Waals surface area contributed by atoms with Crippen LogP contribution < -0.4 is 5.32 Å². The number of hydrogen-bond acceptors (Lipinski definition) is 4. The molecule has 0 aliphatic rings. The van der Waals surface area contributed by atoms with Crippen molar-refractivity contribution < 1.29 is 9.18 Å². The minimum absolute atomic E-state index is 0.305. The van der Waals surface area contributed by atoms with Gasteiger partial charge in [0.05, 0.1) is 12.2 Å². The van der Waals surface area contributed by atoms with E-state index in [0.717, 1.165) is 21.1 Å². The molecule has 1 amide bonds. The molecule has 116 valence electrons. The SMILES string of the molecule is Cc1nc(-c2cccnc2)sc1CNC(=O)c1cccc(F)c1. The molecular formula is C17H14FN3OS. The maximum Gasteiger partial charge on any atom is 0.251 e. The van der Waals surface area contributed by atoms with E-state index in [1.165, 1.54) is 29.5 Å². The van der Waals surface area contributed by atoms with Crippen LogP contribution in [0.2, 0.25) is 0 Å². The number of benzene rings is 1. The van der Waals surface area contributed by atoms with Crippen LogP contribution in [-0.2, 0) is 6.54 Å². The third-order valence-electron chi connectivity index (χ3n) is 3.30. The zero-order valence-electron chi connectivity index (χ0n) is 12.4. The fourth-order valence-electron chi connectivity index (χ4n) is 2.10. The summed E-state index contributed by atoms with van der Waals surface area (Å²) in [4.78, 5) is 21.6. The van der Waals surface area contributed by atoms with E-state index in [1.54, 1.807) is 18.5 Å². The third-order valence-corrected chi connectivity index (χ3v) is 4.50. The average Bonchev–Trinajstić information content (AvgIpc) is 2.94. The standard InChI is InChI=1S/C17H14FN3OS/c1-11-15(23-17(21-11)13-5-3-7-19-9-13)10-20-16(22)12-4-2-6-14(18)8-12/h2-9H,10H2,1H3,(H,20,22). The highest BCUT2D eigenvalue weighted by atomic mass is 32.1. The van der Waals surface area contributed by atoms with Crippen molar-refractivity contribution in [3.05, 3.63) is 70.7 Å². The van der Waals surface area contributed by atoms with E-state index in [-0.39, 0.29) is 5.91 Å². The molecule has 0 saturated carbocycles. The lowest BCUT2D eigenvalue weighted by Crippen LogP contribution is -2.22. The highest BCUT2D eigenvalue weighted by molar-refractivity contribution is 7.15. The van der Waals surface area contributed by atoms with Gasteiger partial charge in [-0.25, -0.2) is 9.37 Å². The minimum Gasteiger partial charge on any atom is -0.347 e. The first-order valence-corrected chi connectivity index (χ1v) is 7.85. The molecule has 3 aromatic rings.